The van der Waals surface area contributed by atoms with Gasteiger partial charge in [0.05, 0.1) is 0 Å². The lowest BCUT2D eigenvalue weighted by Gasteiger charge is -2.28. The highest BCUT2D eigenvalue weighted by molar-refractivity contribution is 5.69. The molecule has 2 aliphatic heterocycles. The number of fused-ring (bicyclic) bond motifs is 1. The van der Waals surface area contributed by atoms with Gasteiger partial charge in [0.25, 0.3) is 0 Å². The predicted molar refractivity (Wildman–Crippen MR) is 87.0 cm³/mol. The average molecular weight is 309 g/mol. The van der Waals surface area contributed by atoms with Gasteiger partial charge in [0.15, 0.2) is 0 Å². The van der Waals surface area contributed by atoms with E-state index in [1.165, 1.54) is 32.4 Å². The molecule has 126 valence electrons. The lowest BCUT2D eigenvalue weighted by atomic mass is 10.1. The van der Waals surface area contributed by atoms with Crippen molar-refractivity contribution in [1.29, 1.82) is 0 Å². The molecule has 0 radical (unpaired) electrons. The largest absolute Gasteiger partial charge is 0.444 e. The fourth-order valence-corrected chi connectivity index (χ4v) is 3.82. The van der Waals surface area contributed by atoms with Crippen LogP contribution >= 0.6 is 0 Å². The molecule has 0 spiro atoms. The number of ether oxygens (including phenoxy) is 1. The van der Waals surface area contributed by atoms with E-state index in [0.717, 1.165) is 32.0 Å². The van der Waals surface area contributed by atoms with Crippen LogP contribution in [0, 0.1) is 0 Å². The highest BCUT2D eigenvalue weighted by Gasteiger charge is 2.38. The van der Waals surface area contributed by atoms with Crippen LogP contribution in [0.1, 0.15) is 52.9 Å². The SMILES string of the molecule is CC(C)(C)OC(=O)N(CCNC1CCN2CCCC12)C1CC1. The van der Waals surface area contributed by atoms with Crippen molar-refractivity contribution in [2.45, 2.75) is 76.6 Å². The third-order valence-electron chi connectivity index (χ3n) is 4.98. The summed E-state index contributed by atoms with van der Waals surface area (Å²) in [5, 5.41) is 3.69. The maximum Gasteiger partial charge on any atom is 0.410 e. The second-order valence-electron chi connectivity index (χ2n) is 8.00. The third-order valence-corrected chi connectivity index (χ3v) is 4.98. The van der Waals surface area contributed by atoms with Crippen molar-refractivity contribution in [3.05, 3.63) is 0 Å². The van der Waals surface area contributed by atoms with Crippen LogP contribution in [0.15, 0.2) is 0 Å². The van der Waals surface area contributed by atoms with Crippen LogP contribution in [-0.2, 0) is 4.74 Å². The molecule has 1 saturated carbocycles. The molecule has 2 saturated heterocycles. The van der Waals surface area contributed by atoms with Crippen molar-refractivity contribution in [3.63, 3.8) is 0 Å². The van der Waals surface area contributed by atoms with E-state index in [1.807, 2.05) is 25.7 Å². The molecule has 1 N–H and O–H groups in total. The molecule has 0 aromatic heterocycles. The van der Waals surface area contributed by atoms with Gasteiger partial charge in [0.2, 0.25) is 0 Å². The summed E-state index contributed by atoms with van der Waals surface area (Å²) in [7, 11) is 0. The predicted octanol–water partition coefficient (Wildman–Crippen LogP) is 2.21. The number of rotatable bonds is 5. The van der Waals surface area contributed by atoms with E-state index in [1.54, 1.807) is 0 Å². The lowest BCUT2D eigenvalue weighted by molar-refractivity contribution is 0.0234. The molecular formula is C17H31N3O2. The van der Waals surface area contributed by atoms with E-state index >= 15 is 0 Å². The Balaban J connectivity index is 1.45. The minimum absolute atomic E-state index is 0.147. The number of hydrogen-bond acceptors (Lipinski definition) is 4. The second-order valence-corrected chi connectivity index (χ2v) is 8.00. The van der Waals surface area contributed by atoms with Crippen LogP contribution in [0.3, 0.4) is 0 Å². The van der Waals surface area contributed by atoms with Crippen molar-refractivity contribution in [1.82, 2.24) is 15.1 Å². The number of carbonyl (C=O) groups excluding carboxylic acids is 1. The first-order valence-corrected chi connectivity index (χ1v) is 8.91. The minimum atomic E-state index is -0.409. The quantitative estimate of drug-likeness (QED) is 0.846. The van der Waals surface area contributed by atoms with Gasteiger partial charge in [-0.25, -0.2) is 4.79 Å². The van der Waals surface area contributed by atoms with Crippen LogP contribution in [0.4, 0.5) is 4.79 Å². The Morgan fingerprint density at radius 1 is 1.23 bits per heavy atom. The molecule has 3 rings (SSSR count). The normalized spacial score (nSPS) is 28.7. The van der Waals surface area contributed by atoms with Gasteiger partial charge in [0, 0.05) is 37.8 Å². The zero-order valence-electron chi connectivity index (χ0n) is 14.3. The molecule has 3 fully saturated rings. The first kappa shape index (κ1) is 16.1. The van der Waals surface area contributed by atoms with Crippen molar-refractivity contribution in [2.75, 3.05) is 26.2 Å². The smallest absolute Gasteiger partial charge is 0.410 e. The molecule has 0 bridgehead atoms. The van der Waals surface area contributed by atoms with E-state index in [4.69, 9.17) is 4.74 Å². The molecule has 22 heavy (non-hydrogen) atoms. The monoisotopic (exact) mass is 309 g/mol. The average Bonchev–Trinajstić information content (AvgIpc) is 3.00. The Morgan fingerprint density at radius 3 is 2.68 bits per heavy atom. The molecule has 3 aliphatic rings. The molecule has 0 aromatic rings. The number of carbonyl (C=O) groups is 1. The molecule has 2 atom stereocenters. The van der Waals surface area contributed by atoms with E-state index < -0.39 is 5.60 Å². The summed E-state index contributed by atoms with van der Waals surface area (Å²) in [5.74, 6) is 0. The van der Waals surface area contributed by atoms with E-state index in [-0.39, 0.29) is 6.09 Å². The Morgan fingerprint density at radius 2 is 2.00 bits per heavy atom. The van der Waals surface area contributed by atoms with Gasteiger partial charge >= 0.3 is 6.09 Å². The van der Waals surface area contributed by atoms with Crippen LogP contribution in [0.5, 0.6) is 0 Å². The standard InChI is InChI=1S/C17H31N3O2/c1-17(2,3)22-16(21)20(13-6-7-13)12-9-18-14-8-11-19-10-4-5-15(14)19/h13-15,18H,4-12H2,1-3H3. The number of nitrogens with one attached hydrogen (secondary N) is 1. The van der Waals surface area contributed by atoms with Gasteiger partial charge < -0.3 is 15.0 Å². The maximum atomic E-state index is 12.3. The molecule has 2 heterocycles. The molecule has 2 unspecified atom stereocenters. The number of nitrogens with zero attached hydrogens (tertiary/aromatic N) is 2. The minimum Gasteiger partial charge on any atom is -0.444 e. The van der Waals surface area contributed by atoms with Gasteiger partial charge in [-0.3, -0.25) is 4.90 Å². The van der Waals surface area contributed by atoms with E-state index in [2.05, 4.69) is 10.2 Å². The summed E-state index contributed by atoms with van der Waals surface area (Å²) in [6.07, 6.45) is 6.02. The number of amides is 1. The van der Waals surface area contributed by atoms with Crippen molar-refractivity contribution in [2.24, 2.45) is 0 Å². The summed E-state index contributed by atoms with van der Waals surface area (Å²) >= 11 is 0. The van der Waals surface area contributed by atoms with Crippen molar-refractivity contribution < 1.29 is 9.53 Å². The van der Waals surface area contributed by atoms with Crippen molar-refractivity contribution >= 4 is 6.09 Å². The molecule has 1 aliphatic carbocycles. The summed E-state index contributed by atoms with van der Waals surface area (Å²) in [4.78, 5) is 16.9. The lowest BCUT2D eigenvalue weighted by Crippen LogP contribution is -2.45. The molecule has 0 aromatic carbocycles. The van der Waals surface area contributed by atoms with E-state index in [0.29, 0.717) is 12.1 Å². The van der Waals surface area contributed by atoms with E-state index in [9.17, 15) is 4.79 Å². The Bertz CT molecular complexity index is 403. The fraction of sp³-hybridized carbons (Fsp3) is 0.941. The highest BCUT2D eigenvalue weighted by atomic mass is 16.6. The summed E-state index contributed by atoms with van der Waals surface area (Å²) < 4.78 is 5.54. The highest BCUT2D eigenvalue weighted by Crippen LogP contribution is 2.29. The van der Waals surface area contributed by atoms with Crippen LogP contribution < -0.4 is 5.32 Å². The molecule has 5 nitrogen and oxygen atoms in total. The molecule has 5 heteroatoms. The van der Waals surface area contributed by atoms with Crippen LogP contribution in [0.2, 0.25) is 0 Å². The third kappa shape index (κ3) is 3.93. The van der Waals surface area contributed by atoms with Gasteiger partial charge in [0.1, 0.15) is 5.60 Å². The zero-order valence-corrected chi connectivity index (χ0v) is 14.3. The molecule has 1 amide bonds. The van der Waals surface area contributed by atoms with Crippen LogP contribution in [-0.4, -0.2) is 65.8 Å². The summed E-state index contributed by atoms with van der Waals surface area (Å²) in [5.41, 5.74) is -0.409. The van der Waals surface area contributed by atoms with Crippen molar-refractivity contribution in [3.8, 4) is 0 Å². The summed E-state index contributed by atoms with van der Waals surface area (Å²) in [6, 6.07) is 1.75. The van der Waals surface area contributed by atoms with Gasteiger partial charge in [-0.2, -0.15) is 0 Å². The topological polar surface area (TPSA) is 44.8 Å². The Labute approximate surface area is 134 Å². The second kappa shape index (κ2) is 6.36. The molecular weight excluding hydrogens is 278 g/mol. The number of hydrogen-bond donors (Lipinski definition) is 1. The van der Waals surface area contributed by atoms with Gasteiger partial charge in [-0.05, 0) is 59.4 Å². The van der Waals surface area contributed by atoms with Gasteiger partial charge in [-0.15, -0.1) is 0 Å². The fourth-order valence-electron chi connectivity index (χ4n) is 3.82. The zero-order chi connectivity index (χ0) is 15.7. The first-order valence-electron chi connectivity index (χ1n) is 8.91. The van der Waals surface area contributed by atoms with Gasteiger partial charge in [-0.1, -0.05) is 0 Å². The van der Waals surface area contributed by atoms with Crippen LogP contribution in [0.25, 0.3) is 0 Å². The summed E-state index contributed by atoms with van der Waals surface area (Å²) in [6.45, 7) is 9.95. The first-order chi connectivity index (χ1) is 10.4. The Kier molecular flexibility index (Phi) is 4.64. The Hall–Kier alpha value is -0.810. The maximum absolute atomic E-state index is 12.3.